The minimum absolute atomic E-state index is 0.0497. The van der Waals surface area contributed by atoms with Gasteiger partial charge in [0.25, 0.3) is 0 Å². The first-order valence-electron chi connectivity index (χ1n) is 7.98. The molecule has 6 N–H and O–H groups in total. The van der Waals surface area contributed by atoms with E-state index in [9.17, 15) is 19.7 Å². The summed E-state index contributed by atoms with van der Waals surface area (Å²) in [6, 6.07) is 0. The first-order chi connectivity index (χ1) is 13.3. The van der Waals surface area contributed by atoms with Crippen LogP contribution in [-0.2, 0) is 13.8 Å². The lowest BCUT2D eigenvalue weighted by Gasteiger charge is -2.18. The van der Waals surface area contributed by atoms with Crippen LogP contribution in [-0.4, -0.2) is 68.9 Å². The molecule has 0 amide bonds. The predicted octanol–water partition coefficient (Wildman–Crippen LogP) is -0.448. The standard InChI is InChI=1S/C13H16N7O6PS/c14-13-17-10-7(11(28)18-13)16-5-20(10)12-9(22)8(21)6(26-12)3-25-27(23,24)19-2-1-15-4-19/h1-2,4-6,8-9,12,21-22H,3H2,(H,23,24)(H3,14,17,18,28)/t6-,8-,9-,12-/m1/s1. The van der Waals surface area contributed by atoms with Gasteiger partial charge in [-0.25, -0.2) is 23.9 Å². The molecule has 5 atom stereocenters. The molecule has 4 heterocycles. The average molecular weight is 429 g/mol. The van der Waals surface area contributed by atoms with Crippen molar-refractivity contribution in [2.75, 3.05) is 12.3 Å². The molecule has 0 saturated carbocycles. The van der Waals surface area contributed by atoms with Gasteiger partial charge in [-0.05, 0) is 0 Å². The van der Waals surface area contributed by atoms with Gasteiger partial charge in [-0.1, -0.05) is 12.2 Å². The van der Waals surface area contributed by atoms with E-state index in [-0.39, 0.29) is 10.6 Å². The molecular formula is C13H16N7O6PS. The molecule has 1 saturated heterocycles. The molecular weight excluding hydrogens is 413 g/mol. The van der Waals surface area contributed by atoms with Crippen LogP contribution in [0.15, 0.2) is 25.0 Å². The Balaban J connectivity index is 1.55. The van der Waals surface area contributed by atoms with Crippen LogP contribution in [0.25, 0.3) is 11.2 Å². The number of hydrogen-bond acceptors (Lipinski definition) is 10. The molecule has 28 heavy (non-hydrogen) atoms. The molecule has 0 aliphatic carbocycles. The highest BCUT2D eigenvalue weighted by molar-refractivity contribution is 7.71. The lowest BCUT2D eigenvalue weighted by Crippen LogP contribution is -2.33. The van der Waals surface area contributed by atoms with Gasteiger partial charge in [0, 0.05) is 12.4 Å². The van der Waals surface area contributed by atoms with Crippen molar-refractivity contribution in [3.8, 4) is 0 Å². The smallest absolute Gasteiger partial charge is 0.387 e. The Bertz CT molecular complexity index is 1100. The largest absolute Gasteiger partial charge is 0.437 e. The summed E-state index contributed by atoms with van der Waals surface area (Å²) in [4.78, 5) is 24.4. The first-order valence-corrected chi connectivity index (χ1v) is 9.92. The van der Waals surface area contributed by atoms with Gasteiger partial charge in [-0.2, -0.15) is 0 Å². The Hall–Kier alpha value is -2.19. The van der Waals surface area contributed by atoms with Crippen LogP contribution in [0.5, 0.6) is 0 Å². The molecule has 3 aromatic rings. The number of hydrogen-bond donors (Lipinski definition) is 5. The number of aliphatic hydroxyl groups is 2. The van der Waals surface area contributed by atoms with Gasteiger partial charge >= 0.3 is 7.75 Å². The summed E-state index contributed by atoms with van der Waals surface area (Å²) in [5, 5.41) is 20.7. The number of aromatic amines is 1. The fourth-order valence-corrected chi connectivity index (χ4v) is 4.02. The van der Waals surface area contributed by atoms with Crippen LogP contribution in [0, 0.1) is 4.64 Å². The van der Waals surface area contributed by atoms with Crippen LogP contribution in [0.1, 0.15) is 6.23 Å². The highest BCUT2D eigenvalue weighted by atomic mass is 32.1. The maximum atomic E-state index is 12.2. The van der Waals surface area contributed by atoms with Crippen LogP contribution in [0.4, 0.5) is 5.95 Å². The maximum Gasteiger partial charge on any atom is 0.437 e. The van der Waals surface area contributed by atoms with Crippen LogP contribution in [0.2, 0.25) is 0 Å². The van der Waals surface area contributed by atoms with Crippen LogP contribution >= 0.6 is 20.0 Å². The summed E-state index contributed by atoms with van der Waals surface area (Å²) in [5.41, 5.74) is 6.36. The lowest BCUT2D eigenvalue weighted by molar-refractivity contribution is -0.0487. The van der Waals surface area contributed by atoms with Gasteiger partial charge in [0.2, 0.25) is 0 Å². The number of imidazole rings is 2. The molecule has 1 aliphatic heterocycles. The normalized spacial score (nSPS) is 27.2. The Kier molecular flexibility index (Phi) is 4.79. The number of fused-ring (bicyclic) bond motifs is 1. The minimum atomic E-state index is -4.21. The quantitative estimate of drug-likeness (QED) is 0.261. The lowest BCUT2D eigenvalue weighted by atomic mass is 10.1. The summed E-state index contributed by atoms with van der Waals surface area (Å²) in [6.45, 7) is -0.451. The number of nitrogens with two attached hydrogens (primary N) is 1. The van der Waals surface area contributed by atoms with E-state index in [0.717, 1.165) is 10.7 Å². The van der Waals surface area contributed by atoms with Crippen molar-refractivity contribution < 1.29 is 28.9 Å². The van der Waals surface area contributed by atoms with E-state index in [2.05, 4.69) is 19.9 Å². The Morgan fingerprint density at radius 2 is 2.18 bits per heavy atom. The molecule has 0 aromatic carbocycles. The van der Waals surface area contributed by atoms with Gasteiger partial charge in [0.05, 0.1) is 12.9 Å². The third kappa shape index (κ3) is 3.24. The molecule has 0 spiro atoms. The zero-order valence-electron chi connectivity index (χ0n) is 14.1. The number of nitrogens with zero attached hydrogens (tertiary/aromatic N) is 5. The SMILES string of the molecule is Nc1nc(=S)c2ncn([C@@H]3O[C@H](COP(=O)(O)n4ccnc4)[C@@H](O)[C@H]3O)c2[nH]1. The van der Waals surface area contributed by atoms with Crippen molar-refractivity contribution >= 4 is 37.1 Å². The molecule has 13 nitrogen and oxygen atoms in total. The van der Waals surface area contributed by atoms with E-state index in [1.165, 1.54) is 23.3 Å². The van der Waals surface area contributed by atoms with Gasteiger partial charge < -0.3 is 30.6 Å². The Labute approximate surface area is 162 Å². The van der Waals surface area contributed by atoms with E-state index in [4.69, 9.17) is 27.2 Å². The van der Waals surface area contributed by atoms with Gasteiger partial charge in [0.1, 0.15) is 35.8 Å². The zero-order valence-corrected chi connectivity index (χ0v) is 15.8. The zero-order chi connectivity index (χ0) is 20.1. The van der Waals surface area contributed by atoms with E-state index < -0.39 is 38.9 Å². The second-order valence-electron chi connectivity index (χ2n) is 6.05. The third-order valence-corrected chi connectivity index (χ3v) is 5.86. The Morgan fingerprint density at radius 3 is 2.89 bits per heavy atom. The maximum absolute atomic E-state index is 12.2. The summed E-state index contributed by atoms with van der Waals surface area (Å²) < 4.78 is 25.3. The number of aromatic nitrogens is 6. The molecule has 15 heteroatoms. The Morgan fingerprint density at radius 1 is 1.39 bits per heavy atom. The van der Waals surface area contributed by atoms with Crippen LogP contribution in [0.3, 0.4) is 0 Å². The number of H-pyrrole nitrogens is 1. The number of nitrogens with one attached hydrogen (secondary N) is 1. The second kappa shape index (κ2) is 7.00. The topological polar surface area (TPSA) is 187 Å². The minimum Gasteiger partial charge on any atom is -0.387 e. The van der Waals surface area contributed by atoms with Gasteiger partial charge in [-0.15, -0.1) is 0 Å². The second-order valence-corrected chi connectivity index (χ2v) is 8.14. The molecule has 1 fully saturated rings. The summed E-state index contributed by atoms with van der Waals surface area (Å²) in [7, 11) is -4.21. The number of aliphatic hydroxyl groups excluding tert-OH is 2. The van der Waals surface area contributed by atoms with E-state index in [0.29, 0.717) is 11.2 Å². The van der Waals surface area contributed by atoms with Gasteiger partial charge in [0.15, 0.2) is 16.8 Å². The average Bonchev–Trinajstić information content (AvgIpc) is 3.35. The highest BCUT2D eigenvalue weighted by Crippen LogP contribution is 2.44. The summed E-state index contributed by atoms with van der Waals surface area (Å²) in [6.07, 6.45) is 0.175. The van der Waals surface area contributed by atoms with Crippen molar-refractivity contribution in [2.24, 2.45) is 0 Å². The van der Waals surface area contributed by atoms with Crippen molar-refractivity contribution in [2.45, 2.75) is 24.5 Å². The molecule has 3 aromatic heterocycles. The van der Waals surface area contributed by atoms with E-state index >= 15 is 0 Å². The molecule has 4 rings (SSSR count). The van der Waals surface area contributed by atoms with Crippen molar-refractivity contribution in [3.63, 3.8) is 0 Å². The van der Waals surface area contributed by atoms with Gasteiger partial charge in [-0.3, -0.25) is 9.09 Å². The van der Waals surface area contributed by atoms with E-state index in [1.54, 1.807) is 0 Å². The van der Waals surface area contributed by atoms with Crippen LogP contribution < -0.4 is 5.73 Å². The number of anilines is 1. The fraction of sp³-hybridized carbons (Fsp3) is 0.385. The summed E-state index contributed by atoms with van der Waals surface area (Å²) >= 11 is 5.10. The fourth-order valence-electron chi connectivity index (χ4n) is 2.88. The van der Waals surface area contributed by atoms with Crippen molar-refractivity contribution in [1.82, 2.24) is 28.8 Å². The van der Waals surface area contributed by atoms with Crippen molar-refractivity contribution in [3.05, 3.63) is 29.7 Å². The number of nitrogen functional groups attached to an aromatic ring is 1. The monoisotopic (exact) mass is 429 g/mol. The first kappa shape index (κ1) is 19.1. The predicted molar refractivity (Wildman–Crippen MR) is 96.5 cm³/mol. The third-order valence-electron chi connectivity index (χ3n) is 4.27. The number of ether oxygens (including phenoxy) is 1. The van der Waals surface area contributed by atoms with Crippen molar-refractivity contribution in [1.29, 1.82) is 0 Å². The molecule has 0 bridgehead atoms. The summed E-state index contributed by atoms with van der Waals surface area (Å²) in [5.74, 6) is 0.0497. The highest BCUT2D eigenvalue weighted by Gasteiger charge is 2.45. The van der Waals surface area contributed by atoms with E-state index in [1.807, 2.05) is 0 Å². The number of rotatable bonds is 5. The molecule has 150 valence electrons. The molecule has 1 unspecified atom stereocenters. The molecule has 0 radical (unpaired) electrons. The molecule has 1 aliphatic rings.